The molecule has 0 spiro atoms. The summed E-state index contributed by atoms with van der Waals surface area (Å²) in [6.07, 6.45) is 2.74. The third-order valence-corrected chi connectivity index (χ3v) is 3.64. The van der Waals surface area contributed by atoms with Gasteiger partial charge in [0.05, 0.1) is 11.5 Å². The van der Waals surface area contributed by atoms with E-state index in [0.717, 1.165) is 24.5 Å². The van der Waals surface area contributed by atoms with Gasteiger partial charge in [0.15, 0.2) is 0 Å². The molecular weight excluding hydrogens is 210 g/mol. The van der Waals surface area contributed by atoms with Crippen molar-refractivity contribution in [3.05, 3.63) is 24.2 Å². The highest BCUT2D eigenvalue weighted by atomic mass is 32.2. The Bertz CT molecular complexity index is 249. The molecule has 4 heteroatoms. The molecule has 1 heterocycles. The highest BCUT2D eigenvalue weighted by Gasteiger charge is 2.18. The van der Waals surface area contributed by atoms with E-state index in [0.29, 0.717) is 0 Å². The minimum atomic E-state index is 0.101. The van der Waals surface area contributed by atoms with Crippen LogP contribution in [0.25, 0.3) is 0 Å². The average Bonchev–Trinajstić information content (AvgIpc) is 2.70. The maximum Gasteiger partial charge on any atom is 0.118 e. The zero-order valence-electron chi connectivity index (χ0n) is 9.31. The highest BCUT2D eigenvalue weighted by molar-refractivity contribution is 7.99. The minimum absolute atomic E-state index is 0.101. The van der Waals surface area contributed by atoms with Gasteiger partial charge in [0.25, 0.3) is 0 Å². The molecule has 0 bridgehead atoms. The topological polar surface area (TPSA) is 48.4 Å². The van der Waals surface area contributed by atoms with Gasteiger partial charge in [-0.1, -0.05) is 0 Å². The molecular formula is C11H19NO2S. The molecule has 3 nitrogen and oxygen atoms in total. The smallest absolute Gasteiger partial charge is 0.118 e. The van der Waals surface area contributed by atoms with Crippen LogP contribution in [-0.4, -0.2) is 25.5 Å². The Morgan fingerprint density at radius 3 is 2.93 bits per heavy atom. The molecule has 2 unspecified atom stereocenters. The van der Waals surface area contributed by atoms with E-state index in [1.807, 2.05) is 30.8 Å². The van der Waals surface area contributed by atoms with E-state index in [4.69, 9.17) is 14.9 Å². The van der Waals surface area contributed by atoms with E-state index < -0.39 is 0 Å². The number of hydrogen-bond donors (Lipinski definition) is 1. The zero-order valence-corrected chi connectivity index (χ0v) is 10.1. The van der Waals surface area contributed by atoms with E-state index in [-0.39, 0.29) is 11.3 Å². The zero-order chi connectivity index (χ0) is 11.1. The summed E-state index contributed by atoms with van der Waals surface area (Å²) in [5.74, 6) is 2.01. The number of hydrogen-bond acceptors (Lipinski definition) is 4. The number of furan rings is 1. The Labute approximate surface area is 95.4 Å². The minimum Gasteiger partial charge on any atom is -0.468 e. The van der Waals surface area contributed by atoms with Crippen LogP contribution in [0.2, 0.25) is 0 Å². The molecule has 1 aromatic rings. The van der Waals surface area contributed by atoms with Crippen LogP contribution in [0.1, 0.15) is 24.4 Å². The van der Waals surface area contributed by atoms with Crippen LogP contribution >= 0.6 is 11.8 Å². The van der Waals surface area contributed by atoms with Gasteiger partial charge in [-0.05, 0) is 31.2 Å². The molecule has 0 amide bonds. The predicted molar refractivity (Wildman–Crippen MR) is 64.0 cm³/mol. The Balaban J connectivity index is 2.39. The molecule has 0 radical (unpaired) electrons. The maximum atomic E-state index is 5.93. The van der Waals surface area contributed by atoms with Gasteiger partial charge in [0, 0.05) is 19.8 Å². The molecule has 86 valence electrons. The van der Waals surface area contributed by atoms with Gasteiger partial charge in [-0.2, -0.15) is 0 Å². The summed E-state index contributed by atoms with van der Waals surface area (Å²) >= 11 is 1.83. The summed E-state index contributed by atoms with van der Waals surface area (Å²) in [4.78, 5) is 0. The first-order chi connectivity index (χ1) is 7.25. The molecule has 0 aliphatic rings. The lowest BCUT2D eigenvalue weighted by Gasteiger charge is -2.17. The van der Waals surface area contributed by atoms with Crippen molar-refractivity contribution in [1.29, 1.82) is 0 Å². The molecule has 2 atom stereocenters. The van der Waals surface area contributed by atoms with Crippen LogP contribution in [0.15, 0.2) is 22.8 Å². The quantitative estimate of drug-likeness (QED) is 0.730. The summed E-state index contributed by atoms with van der Waals surface area (Å²) in [6.45, 7) is 2.81. The number of methoxy groups -OCH3 is 1. The molecule has 0 aromatic carbocycles. The summed E-state index contributed by atoms with van der Waals surface area (Å²) in [5.41, 5.74) is 5.93. The Morgan fingerprint density at radius 2 is 2.40 bits per heavy atom. The van der Waals surface area contributed by atoms with Gasteiger partial charge in [-0.15, -0.1) is 11.8 Å². The third-order valence-electron chi connectivity index (χ3n) is 2.09. The molecule has 0 aliphatic heterocycles. The fraction of sp³-hybridized carbons (Fsp3) is 0.636. The molecule has 1 aromatic heterocycles. The molecule has 0 fully saturated rings. The van der Waals surface area contributed by atoms with Crippen molar-refractivity contribution in [2.45, 2.75) is 24.6 Å². The van der Waals surface area contributed by atoms with E-state index >= 15 is 0 Å². The standard InChI is InChI=1S/C11H19NO2S/c1-9(12)11(10-5-3-7-14-10)15-8-4-6-13-2/h3,5,7,9,11H,4,6,8,12H2,1-2H3. The number of thioether (sulfide) groups is 1. The van der Waals surface area contributed by atoms with Crippen LogP contribution < -0.4 is 5.73 Å². The number of rotatable bonds is 7. The Morgan fingerprint density at radius 1 is 1.60 bits per heavy atom. The van der Waals surface area contributed by atoms with Crippen molar-refractivity contribution in [2.24, 2.45) is 5.73 Å². The van der Waals surface area contributed by atoms with Gasteiger partial charge < -0.3 is 14.9 Å². The van der Waals surface area contributed by atoms with Gasteiger partial charge >= 0.3 is 0 Å². The summed E-state index contributed by atoms with van der Waals surface area (Å²) in [7, 11) is 1.72. The summed E-state index contributed by atoms with van der Waals surface area (Å²) in [5, 5.41) is 0.247. The van der Waals surface area contributed by atoms with E-state index in [1.54, 1.807) is 13.4 Å². The third kappa shape index (κ3) is 4.28. The van der Waals surface area contributed by atoms with Crippen LogP contribution in [0.5, 0.6) is 0 Å². The Hall–Kier alpha value is -0.450. The van der Waals surface area contributed by atoms with Crippen molar-refractivity contribution in [3.63, 3.8) is 0 Å². The summed E-state index contributed by atoms with van der Waals surface area (Å²) in [6, 6.07) is 3.99. The van der Waals surface area contributed by atoms with Gasteiger partial charge in [-0.25, -0.2) is 0 Å². The molecule has 0 saturated carbocycles. The predicted octanol–water partition coefficient (Wildman–Crippen LogP) is 2.44. The fourth-order valence-electron chi connectivity index (χ4n) is 1.36. The molecule has 15 heavy (non-hydrogen) atoms. The molecule has 0 aliphatic carbocycles. The lowest BCUT2D eigenvalue weighted by molar-refractivity contribution is 0.200. The lowest BCUT2D eigenvalue weighted by Crippen LogP contribution is -2.22. The normalized spacial score (nSPS) is 15.1. The number of ether oxygens (including phenoxy) is 1. The molecule has 0 saturated heterocycles. The lowest BCUT2D eigenvalue weighted by atomic mass is 10.2. The summed E-state index contributed by atoms with van der Waals surface area (Å²) < 4.78 is 10.4. The van der Waals surface area contributed by atoms with E-state index in [1.165, 1.54) is 0 Å². The van der Waals surface area contributed by atoms with Crippen molar-refractivity contribution in [1.82, 2.24) is 0 Å². The SMILES string of the molecule is COCCCSC(c1ccco1)C(C)N. The van der Waals surface area contributed by atoms with Crippen molar-refractivity contribution in [3.8, 4) is 0 Å². The van der Waals surface area contributed by atoms with Crippen LogP contribution in [0.4, 0.5) is 0 Å². The second-order valence-corrected chi connectivity index (χ2v) is 4.76. The molecule has 1 rings (SSSR count). The van der Waals surface area contributed by atoms with Crippen molar-refractivity contribution < 1.29 is 9.15 Å². The monoisotopic (exact) mass is 229 g/mol. The number of nitrogens with two attached hydrogens (primary N) is 1. The van der Waals surface area contributed by atoms with Gasteiger partial charge in [-0.3, -0.25) is 0 Å². The van der Waals surface area contributed by atoms with Crippen LogP contribution in [0, 0.1) is 0 Å². The van der Waals surface area contributed by atoms with Crippen molar-refractivity contribution >= 4 is 11.8 Å². The largest absolute Gasteiger partial charge is 0.468 e. The second kappa shape index (κ2) is 6.93. The van der Waals surface area contributed by atoms with Crippen molar-refractivity contribution in [2.75, 3.05) is 19.5 Å². The first kappa shape index (κ1) is 12.6. The van der Waals surface area contributed by atoms with Crippen LogP contribution in [0.3, 0.4) is 0 Å². The van der Waals surface area contributed by atoms with Gasteiger partial charge in [0.1, 0.15) is 5.76 Å². The Kier molecular flexibility index (Phi) is 5.83. The molecule has 2 N–H and O–H groups in total. The average molecular weight is 229 g/mol. The fourth-order valence-corrected chi connectivity index (χ4v) is 2.50. The highest BCUT2D eigenvalue weighted by Crippen LogP contribution is 2.31. The first-order valence-corrected chi connectivity index (χ1v) is 6.20. The van der Waals surface area contributed by atoms with E-state index in [9.17, 15) is 0 Å². The van der Waals surface area contributed by atoms with E-state index in [2.05, 4.69) is 0 Å². The maximum absolute atomic E-state index is 5.93. The van der Waals surface area contributed by atoms with Gasteiger partial charge in [0.2, 0.25) is 0 Å². The second-order valence-electron chi connectivity index (χ2n) is 3.51. The van der Waals surface area contributed by atoms with Crippen LogP contribution in [-0.2, 0) is 4.74 Å². The first-order valence-electron chi connectivity index (χ1n) is 5.15.